The van der Waals surface area contributed by atoms with Gasteiger partial charge in [-0.25, -0.2) is 0 Å². The number of carbonyl (C=O) groups excluding carboxylic acids is 2. The van der Waals surface area contributed by atoms with Crippen molar-refractivity contribution >= 4 is 11.6 Å². The monoisotopic (exact) mass is 505 g/mol. The molecule has 0 aromatic heterocycles. The third-order valence-corrected chi connectivity index (χ3v) is 7.20. The van der Waals surface area contributed by atoms with Crippen molar-refractivity contribution in [2.24, 2.45) is 17.8 Å². The third-order valence-electron chi connectivity index (χ3n) is 7.20. The maximum Gasteiger partial charge on any atom is 0.167 e. The van der Waals surface area contributed by atoms with Crippen molar-refractivity contribution in [2.45, 2.75) is 12.3 Å². The molecule has 3 aromatic rings. The Hall–Kier alpha value is -4.10. The van der Waals surface area contributed by atoms with Gasteiger partial charge in [0.05, 0.1) is 25.4 Å². The summed E-state index contributed by atoms with van der Waals surface area (Å²) in [5.41, 5.74) is 1.93. The molecule has 0 aliphatic carbocycles. The number of nitriles is 2. The molecule has 1 aliphatic heterocycles. The first-order chi connectivity index (χ1) is 18.6. The molecular weight excluding hydrogens is 474 g/mol. The highest BCUT2D eigenvalue weighted by Gasteiger charge is 2.41. The molecule has 6 heteroatoms. The fourth-order valence-electron chi connectivity index (χ4n) is 5.28. The maximum atomic E-state index is 14.2. The van der Waals surface area contributed by atoms with E-state index in [0.717, 1.165) is 5.56 Å². The normalized spacial score (nSPS) is 16.1. The highest BCUT2D eigenvalue weighted by Crippen LogP contribution is 2.40. The lowest BCUT2D eigenvalue weighted by Gasteiger charge is -2.37. The van der Waals surface area contributed by atoms with Crippen LogP contribution in [0.15, 0.2) is 91.0 Å². The molecule has 0 saturated carbocycles. The van der Waals surface area contributed by atoms with Crippen LogP contribution in [0.2, 0.25) is 0 Å². The van der Waals surface area contributed by atoms with E-state index in [1.54, 1.807) is 36.4 Å². The highest BCUT2D eigenvalue weighted by molar-refractivity contribution is 6.01. The largest absolute Gasteiger partial charge is 0.379 e. The lowest BCUT2D eigenvalue weighted by atomic mass is 9.68. The second-order valence-electron chi connectivity index (χ2n) is 9.57. The Bertz CT molecular complexity index is 1260. The lowest BCUT2D eigenvalue weighted by Crippen LogP contribution is -2.44. The lowest BCUT2D eigenvalue weighted by molar-refractivity contribution is 0.0259. The molecule has 6 nitrogen and oxygen atoms in total. The first-order valence-electron chi connectivity index (χ1n) is 12.9. The molecule has 0 radical (unpaired) electrons. The molecule has 38 heavy (non-hydrogen) atoms. The summed E-state index contributed by atoms with van der Waals surface area (Å²) in [4.78, 5) is 30.6. The number of nitrogens with zero attached hydrogens (tertiary/aromatic N) is 3. The number of hydrogen-bond donors (Lipinski definition) is 0. The molecule has 192 valence electrons. The van der Waals surface area contributed by atoms with Crippen molar-refractivity contribution in [3.8, 4) is 12.1 Å². The van der Waals surface area contributed by atoms with Gasteiger partial charge in [-0.1, -0.05) is 91.0 Å². The van der Waals surface area contributed by atoms with E-state index < -0.39 is 23.7 Å². The van der Waals surface area contributed by atoms with Crippen molar-refractivity contribution in [3.05, 3.63) is 108 Å². The number of morpholine rings is 1. The first kappa shape index (κ1) is 26.9. The Morgan fingerprint density at radius 2 is 1.21 bits per heavy atom. The first-order valence-corrected chi connectivity index (χ1v) is 12.9. The topological polar surface area (TPSA) is 94.2 Å². The van der Waals surface area contributed by atoms with E-state index in [1.807, 2.05) is 54.6 Å². The quantitative estimate of drug-likeness (QED) is 0.334. The molecule has 1 fully saturated rings. The van der Waals surface area contributed by atoms with Gasteiger partial charge in [0.2, 0.25) is 0 Å². The zero-order chi connectivity index (χ0) is 26.7. The van der Waals surface area contributed by atoms with Gasteiger partial charge in [-0.05, 0) is 12.0 Å². The number of rotatable bonds is 11. The number of ketones is 2. The summed E-state index contributed by atoms with van der Waals surface area (Å²) in [5.74, 6) is -3.06. The molecule has 0 N–H and O–H groups in total. The van der Waals surface area contributed by atoms with Crippen molar-refractivity contribution in [3.63, 3.8) is 0 Å². The summed E-state index contributed by atoms with van der Waals surface area (Å²) in [6.45, 7) is 2.99. The molecule has 0 amide bonds. The fourth-order valence-corrected chi connectivity index (χ4v) is 5.28. The van der Waals surface area contributed by atoms with Crippen LogP contribution in [-0.4, -0.2) is 49.3 Å². The van der Waals surface area contributed by atoms with Crippen LogP contribution in [0.25, 0.3) is 0 Å². The standard InChI is InChI=1S/C32H31N3O3/c33-21-24(22-34)20-28(31(36)26-12-6-2-7-13-26)30(25-10-4-1-5-11-25)29(23-35-16-18-38-19-17-35)32(37)27-14-8-3-9-15-27/h1-15,24,28-30H,16-20,23H2/t28-,29+,30-/m0/s1. The zero-order valence-corrected chi connectivity index (χ0v) is 21.3. The van der Waals surface area contributed by atoms with Gasteiger partial charge >= 0.3 is 0 Å². The van der Waals surface area contributed by atoms with E-state index in [1.165, 1.54) is 0 Å². The second-order valence-corrected chi connectivity index (χ2v) is 9.57. The van der Waals surface area contributed by atoms with Gasteiger partial charge in [0.15, 0.2) is 11.6 Å². The number of hydrogen-bond acceptors (Lipinski definition) is 6. The predicted octanol–water partition coefficient (Wildman–Crippen LogP) is 5.15. The summed E-state index contributed by atoms with van der Waals surface area (Å²) in [6.07, 6.45) is 0.0436. The van der Waals surface area contributed by atoms with E-state index in [0.29, 0.717) is 44.0 Å². The molecular formula is C32H31N3O3. The van der Waals surface area contributed by atoms with Crippen LogP contribution in [0.4, 0.5) is 0 Å². The van der Waals surface area contributed by atoms with Crippen molar-refractivity contribution in [2.75, 3.05) is 32.8 Å². The van der Waals surface area contributed by atoms with Crippen LogP contribution < -0.4 is 0 Å². The molecule has 4 rings (SSSR count). The molecule has 1 heterocycles. The van der Waals surface area contributed by atoms with Gasteiger partial charge in [0.25, 0.3) is 0 Å². The minimum atomic E-state index is -0.977. The van der Waals surface area contributed by atoms with Crippen LogP contribution >= 0.6 is 0 Å². The van der Waals surface area contributed by atoms with Crippen molar-refractivity contribution in [1.82, 2.24) is 4.90 Å². The SMILES string of the molecule is N#CC(C#N)C[C@H](C(=O)c1ccccc1)[C@H](c1ccccc1)[C@@H](CN1CCOCC1)C(=O)c1ccccc1. The predicted molar refractivity (Wildman–Crippen MR) is 144 cm³/mol. The summed E-state index contributed by atoms with van der Waals surface area (Å²) in [7, 11) is 0. The molecule has 0 spiro atoms. The molecule has 0 bridgehead atoms. The van der Waals surface area contributed by atoms with Crippen LogP contribution in [0.3, 0.4) is 0 Å². The Balaban J connectivity index is 1.86. The average molecular weight is 506 g/mol. The molecule has 1 aliphatic rings. The number of benzene rings is 3. The maximum absolute atomic E-state index is 14.2. The Morgan fingerprint density at radius 3 is 1.71 bits per heavy atom. The Morgan fingerprint density at radius 1 is 0.737 bits per heavy atom. The highest BCUT2D eigenvalue weighted by atomic mass is 16.5. The number of Topliss-reactive ketones (excluding diaryl/α,β-unsaturated/α-hetero) is 2. The summed E-state index contributed by atoms with van der Waals surface area (Å²) in [5, 5.41) is 19.4. The van der Waals surface area contributed by atoms with Gasteiger partial charge in [-0.3, -0.25) is 14.5 Å². The van der Waals surface area contributed by atoms with Crippen molar-refractivity contribution in [1.29, 1.82) is 10.5 Å². The molecule has 1 saturated heterocycles. The Kier molecular flexibility index (Phi) is 9.54. The zero-order valence-electron chi connectivity index (χ0n) is 21.3. The van der Waals surface area contributed by atoms with Crippen molar-refractivity contribution < 1.29 is 14.3 Å². The average Bonchev–Trinajstić information content (AvgIpc) is 2.99. The van der Waals surface area contributed by atoms with Gasteiger partial charge in [-0.2, -0.15) is 10.5 Å². The second kappa shape index (κ2) is 13.4. The van der Waals surface area contributed by atoms with E-state index in [2.05, 4.69) is 17.0 Å². The summed E-state index contributed by atoms with van der Waals surface area (Å²) in [6, 6.07) is 31.8. The molecule has 0 unspecified atom stereocenters. The van der Waals surface area contributed by atoms with Crippen LogP contribution in [0.5, 0.6) is 0 Å². The van der Waals surface area contributed by atoms with Gasteiger partial charge in [-0.15, -0.1) is 0 Å². The fraction of sp³-hybridized carbons (Fsp3) is 0.312. The van der Waals surface area contributed by atoms with Gasteiger partial charge < -0.3 is 4.74 Å². The summed E-state index contributed by atoms with van der Waals surface area (Å²) >= 11 is 0. The van der Waals surface area contributed by atoms with E-state index in [4.69, 9.17) is 4.74 Å². The van der Waals surface area contributed by atoms with Crippen LogP contribution in [0.1, 0.15) is 38.6 Å². The minimum Gasteiger partial charge on any atom is -0.379 e. The minimum absolute atomic E-state index is 0.0436. The Labute approximate surface area is 224 Å². The summed E-state index contributed by atoms with van der Waals surface area (Å²) < 4.78 is 5.54. The van der Waals surface area contributed by atoms with Gasteiger partial charge in [0, 0.05) is 48.5 Å². The van der Waals surface area contributed by atoms with E-state index >= 15 is 0 Å². The molecule has 3 atom stereocenters. The smallest absolute Gasteiger partial charge is 0.167 e. The third kappa shape index (κ3) is 6.61. The van der Waals surface area contributed by atoms with Crippen LogP contribution in [0, 0.1) is 40.4 Å². The van der Waals surface area contributed by atoms with E-state index in [-0.39, 0.29) is 18.0 Å². The molecule has 3 aromatic carbocycles. The number of ether oxygens (including phenoxy) is 1. The van der Waals surface area contributed by atoms with E-state index in [9.17, 15) is 20.1 Å². The number of carbonyl (C=O) groups is 2. The van der Waals surface area contributed by atoms with Crippen LogP contribution in [-0.2, 0) is 4.74 Å². The van der Waals surface area contributed by atoms with Gasteiger partial charge in [0.1, 0.15) is 5.92 Å².